The van der Waals surface area contributed by atoms with Gasteiger partial charge in [-0.25, -0.2) is 4.98 Å². The minimum absolute atomic E-state index is 0.0518. The molecule has 1 N–H and O–H groups in total. The number of nitrogens with zero attached hydrogens (tertiary/aromatic N) is 1. The molecule has 0 saturated carbocycles. The first-order valence-electron chi connectivity index (χ1n) is 8.16. The smallest absolute Gasteiger partial charge is 0.252 e. The molecule has 0 aliphatic heterocycles. The Morgan fingerprint density at radius 2 is 2.08 bits per heavy atom. The molecule has 1 amide bonds. The molecule has 1 aliphatic rings. The maximum Gasteiger partial charge on any atom is 0.252 e. The topological polar surface area (TPSA) is 55.1 Å². The van der Waals surface area contributed by atoms with Gasteiger partial charge in [-0.1, -0.05) is 18.2 Å². The molecule has 3 aromatic rings. The van der Waals surface area contributed by atoms with Crippen molar-refractivity contribution in [2.45, 2.75) is 19.3 Å². The van der Waals surface area contributed by atoms with Crippen LogP contribution in [0.1, 0.15) is 40.2 Å². The fraction of sp³-hybridized carbons (Fsp3) is 0.200. The van der Waals surface area contributed by atoms with Gasteiger partial charge in [0.05, 0.1) is 23.0 Å². The third-order valence-electron chi connectivity index (χ3n) is 4.48. The molecule has 4 nitrogen and oxygen atoms in total. The molecule has 4 heteroatoms. The van der Waals surface area contributed by atoms with Gasteiger partial charge in [-0.15, -0.1) is 0 Å². The summed E-state index contributed by atoms with van der Waals surface area (Å²) in [4.78, 5) is 17.4. The standard InChI is InChI=1S/C20H18N2O2/c1-21-20(23)18-15-8-2-3-10-17(15)22-19-13(6-4-9-16(18)19)12-14-7-5-11-24-14/h2-3,5,7-8,10-12H,4,6,9H2,1H3,(H,21,23)/b13-12+. The highest BCUT2D eigenvalue weighted by Crippen LogP contribution is 2.36. The first kappa shape index (κ1) is 14.7. The second-order valence-corrected chi connectivity index (χ2v) is 5.95. The van der Waals surface area contributed by atoms with Crippen LogP contribution in [0.2, 0.25) is 0 Å². The van der Waals surface area contributed by atoms with Gasteiger partial charge < -0.3 is 9.73 Å². The van der Waals surface area contributed by atoms with E-state index in [1.165, 1.54) is 0 Å². The van der Waals surface area contributed by atoms with Gasteiger partial charge in [0.2, 0.25) is 0 Å². The highest BCUT2D eigenvalue weighted by atomic mass is 16.3. The van der Waals surface area contributed by atoms with Crippen LogP contribution in [0, 0.1) is 0 Å². The van der Waals surface area contributed by atoms with Crippen molar-refractivity contribution >= 4 is 28.5 Å². The number of rotatable bonds is 2. The number of amides is 1. The minimum Gasteiger partial charge on any atom is -0.465 e. The number of allylic oxidation sites excluding steroid dienone is 1. The average Bonchev–Trinajstić information content (AvgIpc) is 3.12. The van der Waals surface area contributed by atoms with Crippen molar-refractivity contribution in [2.24, 2.45) is 0 Å². The lowest BCUT2D eigenvalue weighted by Gasteiger charge is -2.22. The van der Waals surface area contributed by atoms with Gasteiger partial charge >= 0.3 is 0 Å². The normalized spacial score (nSPS) is 15.5. The SMILES string of the molecule is CNC(=O)c1c2c(nc3ccccc13)/C(=C/c1ccco1)CCC2. The molecule has 1 aliphatic carbocycles. The number of pyridine rings is 1. The molecule has 2 aromatic heterocycles. The van der Waals surface area contributed by atoms with Crippen LogP contribution in [0.25, 0.3) is 22.6 Å². The maximum atomic E-state index is 12.5. The van der Waals surface area contributed by atoms with E-state index in [0.717, 1.165) is 58.3 Å². The van der Waals surface area contributed by atoms with Crippen LogP contribution in [-0.4, -0.2) is 17.9 Å². The van der Waals surface area contributed by atoms with Crippen LogP contribution in [0.3, 0.4) is 0 Å². The quantitative estimate of drug-likeness (QED) is 0.775. The predicted molar refractivity (Wildman–Crippen MR) is 94.7 cm³/mol. The highest BCUT2D eigenvalue weighted by Gasteiger charge is 2.24. The van der Waals surface area contributed by atoms with Crippen LogP contribution in [0.15, 0.2) is 47.1 Å². The van der Waals surface area contributed by atoms with Crippen LogP contribution >= 0.6 is 0 Å². The minimum atomic E-state index is -0.0518. The number of nitrogens with one attached hydrogen (secondary N) is 1. The largest absolute Gasteiger partial charge is 0.465 e. The molecule has 0 radical (unpaired) electrons. The fourth-order valence-corrected chi connectivity index (χ4v) is 3.40. The van der Waals surface area contributed by atoms with Gasteiger partial charge in [-0.3, -0.25) is 4.79 Å². The van der Waals surface area contributed by atoms with E-state index < -0.39 is 0 Å². The Kier molecular flexibility index (Phi) is 3.65. The van der Waals surface area contributed by atoms with Crippen molar-refractivity contribution in [2.75, 3.05) is 7.05 Å². The molecular weight excluding hydrogens is 300 g/mol. The molecule has 0 bridgehead atoms. The van der Waals surface area contributed by atoms with E-state index in [0.29, 0.717) is 0 Å². The van der Waals surface area contributed by atoms with E-state index in [1.807, 2.05) is 42.5 Å². The lowest BCUT2D eigenvalue weighted by atomic mass is 9.86. The number of fused-ring (bicyclic) bond motifs is 2. The Labute approximate surface area is 140 Å². The van der Waals surface area contributed by atoms with Crippen molar-refractivity contribution in [3.63, 3.8) is 0 Å². The third-order valence-corrected chi connectivity index (χ3v) is 4.48. The number of aromatic nitrogens is 1. The van der Waals surface area contributed by atoms with Gasteiger partial charge in [0.25, 0.3) is 5.91 Å². The second-order valence-electron chi connectivity index (χ2n) is 5.95. The Morgan fingerprint density at radius 3 is 2.88 bits per heavy atom. The summed E-state index contributed by atoms with van der Waals surface area (Å²) >= 11 is 0. The lowest BCUT2D eigenvalue weighted by Crippen LogP contribution is -2.22. The summed E-state index contributed by atoms with van der Waals surface area (Å²) < 4.78 is 5.45. The number of hydrogen-bond donors (Lipinski definition) is 1. The summed E-state index contributed by atoms with van der Waals surface area (Å²) in [6.45, 7) is 0. The van der Waals surface area contributed by atoms with E-state index in [4.69, 9.17) is 9.40 Å². The second kappa shape index (κ2) is 5.96. The van der Waals surface area contributed by atoms with E-state index >= 15 is 0 Å². The molecule has 0 atom stereocenters. The van der Waals surface area contributed by atoms with Crippen molar-refractivity contribution in [1.82, 2.24) is 10.3 Å². The molecule has 4 rings (SSSR count). The Hall–Kier alpha value is -2.88. The van der Waals surface area contributed by atoms with Crippen LogP contribution in [-0.2, 0) is 6.42 Å². The molecule has 2 heterocycles. The number of carbonyl (C=O) groups excluding carboxylic acids is 1. The Balaban J connectivity index is 1.99. The van der Waals surface area contributed by atoms with Crippen molar-refractivity contribution < 1.29 is 9.21 Å². The highest BCUT2D eigenvalue weighted by molar-refractivity contribution is 6.08. The molecule has 1 aromatic carbocycles. The Morgan fingerprint density at radius 1 is 1.21 bits per heavy atom. The fourth-order valence-electron chi connectivity index (χ4n) is 3.40. The van der Waals surface area contributed by atoms with Crippen molar-refractivity contribution in [3.8, 4) is 0 Å². The molecule has 0 unspecified atom stereocenters. The molecule has 24 heavy (non-hydrogen) atoms. The summed E-state index contributed by atoms with van der Waals surface area (Å²) in [5.41, 5.74) is 4.69. The van der Waals surface area contributed by atoms with Crippen LogP contribution < -0.4 is 5.32 Å². The van der Waals surface area contributed by atoms with Gasteiger partial charge in [0, 0.05) is 12.4 Å². The van der Waals surface area contributed by atoms with Crippen molar-refractivity contribution in [3.05, 3.63) is 65.2 Å². The average molecular weight is 318 g/mol. The van der Waals surface area contributed by atoms with Crippen LogP contribution in [0.4, 0.5) is 0 Å². The predicted octanol–water partition coefficient (Wildman–Crippen LogP) is 4.06. The van der Waals surface area contributed by atoms with Gasteiger partial charge in [-0.2, -0.15) is 0 Å². The maximum absolute atomic E-state index is 12.5. The number of carbonyl (C=O) groups is 1. The summed E-state index contributed by atoms with van der Waals surface area (Å²) in [6, 6.07) is 11.6. The summed E-state index contributed by atoms with van der Waals surface area (Å²) in [6.07, 6.45) is 6.51. The zero-order valence-corrected chi connectivity index (χ0v) is 13.5. The first-order valence-corrected chi connectivity index (χ1v) is 8.16. The van der Waals surface area contributed by atoms with Gasteiger partial charge in [0.15, 0.2) is 0 Å². The molecule has 0 fully saturated rings. The van der Waals surface area contributed by atoms with Crippen LogP contribution in [0.5, 0.6) is 0 Å². The molecule has 0 saturated heterocycles. The molecule has 0 spiro atoms. The monoisotopic (exact) mass is 318 g/mol. The van der Waals surface area contributed by atoms with E-state index in [9.17, 15) is 4.79 Å². The number of para-hydroxylation sites is 1. The third kappa shape index (κ3) is 2.40. The van der Waals surface area contributed by atoms with Crippen molar-refractivity contribution in [1.29, 1.82) is 0 Å². The van der Waals surface area contributed by atoms with Gasteiger partial charge in [0.1, 0.15) is 5.76 Å². The van der Waals surface area contributed by atoms with E-state index in [2.05, 4.69) is 5.32 Å². The zero-order chi connectivity index (χ0) is 16.5. The first-order chi connectivity index (χ1) is 11.8. The van der Waals surface area contributed by atoms with E-state index in [1.54, 1.807) is 13.3 Å². The number of furan rings is 1. The summed E-state index contributed by atoms with van der Waals surface area (Å²) in [5.74, 6) is 0.762. The summed E-state index contributed by atoms with van der Waals surface area (Å²) in [7, 11) is 1.67. The van der Waals surface area contributed by atoms with E-state index in [-0.39, 0.29) is 5.91 Å². The summed E-state index contributed by atoms with van der Waals surface area (Å²) in [5, 5.41) is 3.69. The zero-order valence-electron chi connectivity index (χ0n) is 13.5. The van der Waals surface area contributed by atoms with Gasteiger partial charge in [-0.05, 0) is 54.7 Å². The Bertz CT molecular complexity index is 940. The lowest BCUT2D eigenvalue weighted by molar-refractivity contribution is 0.0963. The number of benzene rings is 1. The number of hydrogen-bond acceptors (Lipinski definition) is 3. The molecule has 120 valence electrons. The molecular formula is C20H18N2O2.